The van der Waals surface area contributed by atoms with E-state index in [0.29, 0.717) is 36.0 Å². The zero-order chi connectivity index (χ0) is 28.1. The van der Waals surface area contributed by atoms with Crippen LogP contribution in [0.1, 0.15) is 77.3 Å². The third-order valence-corrected chi connectivity index (χ3v) is 8.38. The van der Waals surface area contributed by atoms with Gasteiger partial charge in [-0.15, -0.1) is 0 Å². The van der Waals surface area contributed by atoms with Crippen molar-refractivity contribution in [3.05, 3.63) is 81.2 Å². The van der Waals surface area contributed by atoms with E-state index < -0.39 is 5.92 Å². The largest absolute Gasteiger partial charge is 0.493 e. The number of carbonyl (C=O) groups is 2. The van der Waals surface area contributed by atoms with Gasteiger partial charge in [-0.25, -0.2) is 0 Å². The Hall–Kier alpha value is -3.05. The fraction of sp³-hybridized carbons (Fsp3) is 0.455. The van der Waals surface area contributed by atoms with Gasteiger partial charge in [-0.1, -0.05) is 57.5 Å². The number of Topliss-reactive ketones (excluding diaryl/α,β-unsaturated/α-hetero) is 2. The van der Waals surface area contributed by atoms with Crippen molar-refractivity contribution in [2.45, 2.75) is 72.8 Å². The van der Waals surface area contributed by atoms with Crippen LogP contribution in [0.25, 0.3) is 0 Å². The van der Waals surface area contributed by atoms with E-state index in [9.17, 15) is 9.59 Å². The van der Waals surface area contributed by atoms with Gasteiger partial charge in [0.1, 0.15) is 6.61 Å². The summed E-state index contributed by atoms with van der Waals surface area (Å²) in [4.78, 5) is 29.9. The number of allylic oxidation sites excluding steroid dienone is 4. The lowest BCUT2D eigenvalue weighted by Gasteiger charge is -2.48. The highest BCUT2D eigenvalue weighted by molar-refractivity contribution is 6.30. The Balaban J connectivity index is 1.61. The summed E-state index contributed by atoms with van der Waals surface area (Å²) < 4.78 is 11.9. The second-order valence-corrected chi connectivity index (χ2v) is 13.0. The monoisotopic (exact) mass is 547 g/mol. The van der Waals surface area contributed by atoms with E-state index in [0.717, 1.165) is 53.1 Å². The first-order valence-electron chi connectivity index (χ1n) is 13.8. The van der Waals surface area contributed by atoms with Gasteiger partial charge in [-0.2, -0.15) is 0 Å². The summed E-state index contributed by atoms with van der Waals surface area (Å²) in [6.07, 6.45) is 2.56. The van der Waals surface area contributed by atoms with Gasteiger partial charge in [0.15, 0.2) is 23.1 Å². The highest BCUT2D eigenvalue weighted by atomic mass is 35.5. The van der Waals surface area contributed by atoms with Gasteiger partial charge in [0, 0.05) is 52.9 Å². The number of hydrogen-bond donors (Lipinski definition) is 0. The summed E-state index contributed by atoms with van der Waals surface area (Å²) in [5.41, 5.74) is 5.29. The summed E-state index contributed by atoms with van der Waals surface area (Å²) in [6, 6.07) is 13.4. The molecule has 0 atom stereocenters. The van der Waals surface area contributed by atoms with Crippen molar-refractivity contribution in [3.63, 3.8) is 0 Å². The Labute approximate surface area is 236 Å². The molecular weight excluding hydrogens is 510 g/mol. The van der Waals surface area contributed by atoms with Crippen molar-refractivity contribution in [2.75, 3.05) is 13.7 Å². The van der Waals surface area contributed by atoms with Gasteiger partial charge in [0.05, 0.1) is 7.11 Å². The molecule has 5 nitrogen and oxygen atoms in total. The SMILES string of the molecule is CCN1C2=C(C(=O)CC(C)(C)C2)C(c2ccc(OCc3cccc(Cl)c3)c(OC)c2)C2=C1CC(C)(C)CC2=O. The highest BCUT2D eigenvalue weighted by Gasteiger charge is 2.48. The third-order valence-electron chi connectivity index (χ3n) is 8.14. The molecule has 0 unspecified atom stereocenters. The molecule has 0 N–H and O–H groups in total. The average molecular weight is 548 g/mol. The molecule has 0 amide bonds. The van der Waals surface area contributed by atoms with E-state index in [-0.39, 0.29) is 22.4 Å². The van der Waals surface area contributed by atoms with Gasteiger partial charge < -0.3 is 14.4 Å². The van der Waals surface area contributed by atoms with Crippen LogP contribution in [0.3, 0.4) is 0 Å². The Morgan fingerprint density at radius 1 is 0.872 bits per heavy atom. The van der Waals surface area contributed by atoms with Crippen molar-refractivity contribution in [1.29, 1.82) is 0 Å². The second kappa shape index (κ2) is 10.2. The molecule has 2 aliphatic carbocycles. The second-order valence-electron chi connectivity index (χ2n) is 12.6. The number of ketones is 2. The number of nitrogens with zero attached hydrogens (tertiary/aromatic N) is 1. The van der Waals surface area contributed by atoms with E-state index in [4.69, 9.17) is 21.1 Å². The minimum atomic E-state index is -0.402. The number of benzene rings is 2. The highest BCUT2D eigenvalue weighted by Crippen LogP contribution is 2.54. The molecule has 2 aromatic rings. The zero-order valence-electron chi connectivity index (χ0n) is 23.8. The maximum absolute atomic E-state index is 13.8. The van der Waals surface area contributed by atoms with E-state index in [1.807, 2.05) is 42.5 Å². The average Bonchev–Trinajstić information content (AvgIpc) is 2.85. The topological polar surface area (TPSA) is 55.8 Å². The molecule has 1 aliphatic heterocycles. The van der Waals surface area contributed by atoms with E-state index in [1.54, 1.807) is 7.11 Å². The number of carbonyl (C=O) groups excluding carboxylic acids is 2. The first-order valence-corrected chi connectivity index (χ1v) is 14.2. The number of hydrogen-bond acceptors (Lipinski definition) is 5. The molecule has 0 aromatic heterocycles. The van der Waals surface area contributed by atoms with Crippen molar-refractivity contribution >= 4 is 23.2 Å². The smallest absolute Gasteiger partial charge is 0.162 e. The van der Waals surface area contributed by atoms with Gasteiger partial charge >= 0.3 is 0 Å². The molecule has 0 saturated heterocycles. The molecule has 206 valence electrons. The van der Waals surface area contributed by atoms with Crippen LogP contribution in [0, 0.1) is 10.8 Å². The third kappa shape index (κ3) is 5.26. The van der Waals surface area contributed by atoms with Gasteiger partial charge in [-0.05, 0) is 66.0 Å². The summed E-state index contributed by atoms with van der Waals surface area (Å²) in [5, 5.41) is 0.658. The molecule has 0 fully saturated rings. The van der Waals surface area contributed by atoms with Crippen LogP contribution in [0.5, 0.6) is 11.5 Å². The molecular formula is C33H38ClNO4. The molecule has 0 radical (unpaired) electrons. The fourth-order valence-corrected chi connectivity index (χ4v) is 6.75. The molecule has 5 rings (SSSR count). The molecule has 1 heterocycles. The first-order chi connectivity index (χ1) is 18.4. The van der Waals surface area contributed by atoms with E-state index in [2.05, 4.69) is 39.5 Å². The van der Waals surface area contributed by atoms with Crippen molar-refractivity contribution in [2.24, 2.45) is 10.8 Å². The number of rotatable bonds is 6. The normalized spacial score (nSPS) is 20.6. The lowest BCUT2D eigenvalue weighted by atomic mass is 9.63. The van der Waals surface area contributed by atoms with Gasteiger partial charge in [-0.3, -0.25) is 9.59 Å². The molecule has 0 bridgehead atoms. The maximum atomic E-state index is 13.8. The summed E-state index contributed by atoms with van der Waals surface area (Å²) in [5.74, 6) is 1.04. The van der Waals surface area contributed by atoms with Crippen LogP contribution in [-0.2, 0) is 16.2 Å². The predicted octanol–water partition coefficient (Wildman–Crippen LogP) is 7.63. The Kier molecular flexibility index (Phi) is 7.17. The molecule has 0 saturated carbocycles. The lowest BCUT2D eigenvalue weighted by Crippen LogP contribution is -2.44. The fourth-order valence-electron chi connectivity index (χ4n) is 6.53. The summed E-state index contributed by atoms with van der Waals surface area (Å²) in [6.45, 7) is 11.8. The number of ether oxygens (including phenoxy) is 2. The molecule has 0 spiro atoms. The first kappa shape index (κ1) is 27.5. The maximum Gasteiger partial charge on any atom is 0.162 e. The Morgan fingerprint density at radius 2 is 1.49 bits per heavy atom. The van der Waals surface area contributed by atoms with Crippen LogP contribution >= 0.6 is 11.6 Å². The summed E-state index contributed by atoms with van der Waals surface area (Å²) in [7, 11) is 1.61. The molecule has 2 aromatic carbocycles. The van der Waals surface area contributed by atoms with Crippen molar-refractivity contribution in [3.8, 4) is 11.5 Å². The van der Waals surface area contributed by atoms with Crippen molar-refractivity contribution < 1.29 is 19.1 Å². The van der Waals surface area contributed by atoms with Crippen LogP contribution in [0.2, 0.25) is 5.02 Å². The number of methoxy groups -OCH3 is 1. The van der Waals surface area contributed by atoms with Crippen LogP contribution < -0.4 is 9.47 Å². The van der Waals surface area contributed by atoms with Crippen LogP contribution in [-0.4, -0.2) is 30.1 Å². The Morgan fingerprint density at radius 3 is 2.03 bits per heavy atom. The van der Waals surface area contributed by atoms with Crippen LogP contribution in [0.4, 0.5) is 0 Å². The minimum absolute atomic E-state index is 0.129. The lowest BCUT2D eigenvalue weighted by molar-refractivity contribution is -0.119. The van der Waals surface area contributed by atoms with Crippen molar-refractivity contribution in [1.82, 2.24) is 4.90 Å². The summed E-state index contributed by atoms with van der Waals surface area (Å²) >= 11 is 6.14. The molecule has 6 heteroatoms. The molecule has 39 heavy (non-hydrogen) atoms. The predicted molar refractivity (Wildman–Crippen MR) is 154 cm³/mol. The van der Waals surface area contributed by atoms with Crippen LogP contribution in [0.15, 0.2) is 65.0 Å². The zero-order valence-corrected chi connectivity index (χ0v) is 24.6. The Bertz CT molecular complexity index is 1350. The standard InChI is InChI=1S/C33H38ClNO4/c1-7-35-23-15-32(2,3)17-25(36)30(23)29(31-24(35)16-33(4,5)18-26(31)37)21-11-12-27(28(14-21)38-6)39-19-20-9-8-10-22(34)13-20/h8-14,29H,7,15-19H2,1-6H3. The van der Waals surface area contributed by atoms with E-state index >= 15 is 0 Å². The van der Waals surface area contributed by atoms with Gasteiger partial charge in [0.2, 0.25) is 0 Å². The molecule has 3 aliphatic rings. The quantitative estimate of drug-likeness (QED) is 0.372. The van der Waals surface area contributed by atoms with E-state index in [1.165, 1.54) is 0 Å². The number of halogens is 1. The minimum Gasteiger partial charge on any atom is -0.493 e. The van der Waals surface area contributed by atoms with Gasteiger partial charge in [0.25, 0.3) is 0 Å².